The molecular weight excluding hydrogens is 284 g/mol. The lowest BCUT2D eigenvalue weighted by molar-refractivity contribution is 0.153. The number of hydrogen-bond donors (Lipinski definition) is 1. The third-order valence-electron chi connectivity index (χ3n) is 4.66. The Hall–Kier alpha value is -0.850. The van der Waals surface area contributed by atoms with Crippen LogP contribution in [0.4, 0.5) is 5.82 Å². The van der Waals surface area contributed by atoms with Crippen LogP contribution in [0, 0.1) is 0 Å². The van der Waals surface area contributed by atoms with Gasteiger partial charge in [-0.2, -0.15) is 0 Å². The van der Waals surface area contributed by atoms with Gasteiger partial charge in [-0.3, -0.25) is 4.90 Å². The van der Waals surface area contributed by atoms with Crippen LogP contribution in [0.25, 0.3) is 0 Å². The van der Waals surface area contributed by atoms with Crippen LogP contribution in [0.2, 0.25) is 0 Å². The van der Waals surface area contributed by atoms with Gasteiger partial charge in [0.05, 0.1) is 6.61 Å². The second-order valence-electron chi connectivity index (χ2n) is 5.90. The van der Waals surface area contributed by atoms with Crippen molar-refractivity contribution in [2.75, 3.05) is 37.4 Å². The molecule has 0 bridgehead atoms. The quantitative estimate of drug-likeness (QED) is 0.834. The minimum atomic E-state index is 0.287. The van der Waals surface area contributed by atoms with Crippen molar-refractivity contribution in [2.24, 2.45) is 0 Å². The van der Waals surface area contributed by atoms with Crippen LogP contribution < -0.4 is 4.90 Å². The van der Waals surface area contributed by atoms with Crippen LogP contribution in [-0.4, -0.2) is 64.8 Å². The lowest BCUT2D eigenvalue weighted by Crippen LogP contribution is -2.43. The van der Waals surface area contributed by atoms with Gasteiger partial charge in [0, 0.05) is 25.2 Å². The van der Waals surface area contributed by atoms with Gasteiger partial charge >= 0.3 is 0 Å². The molecule has 1 N–H and O–H groups in total. The van der Waals surface area contributed by atoms with Crippen LogP contribution in [-0.2, 0) is 0 Å². The summed E-state index contributed by atoms with van der Waals surface area (Å²) in [6.07, 6.45) is 6.78. The Kier molecular flexibility index (Phi) is 4.98. The largest absolute Gasteiger partial charge is 0.395 e. The highest BCUT2D eigenvalue weighted by Crippen LogP contribution is 2.27. The van der Waals surface area contributed by atoms with E-state index in [-0.39, 0.29) is 6.61 Å². The van der Waals surface area contributed by atoms with Crippen molar-refractivity contribution in [1.29, 1.82) is 0 Å². The highest BCUT2D eigenvalue weighted by Gasteiger charge is 2.31. The predicted molar refractivity (Wildman–Crippen MR) is 85.9 cm³/mol. The van der Waals surface area contributed by atoms with Gasteiger partial charge in [-0.05, 0) is 50.6 Å². The molecule has 0 saturated carbocycles. The van der Waals surface area contributed by atoms with Gasteiger partial charge in [-0.15, -0.1) is 22.0 Å². The molecular formula is C15H24N4OS. The SMILES string of the molecule is CSc1ccc(N2CCCC2CN2CCCC2CO)nn1. The van der Waals surface area contributed by atoms with Crippen molar-refractivity contribution in [1.82, 2.24) is 15.1 Å². The molecule has 2 aliphatic rings. The first-order chi connectivity index (χ1) is 10.3. The molecule has 2 fully saturated rings. The highest BCUT2D eigenvalue weighted by atomic mass is 32.2. The molecule has 2 unspecified atom stereocenters. The zero-order chi connectivity index (χ0) is 14.7. The number of rotatable bonds is 5. The summed E-state index contributed by atoms with van der Waals surface area (Å²) >= 11 is 1.62. The summed E-state index contributed by atoms with van der Waals surface area (Å²) in [5.74, 6) is 0.995. The number of aliphatic hydroxyl groups excluding tert-OH is 1. The Bertz CT molecular complexity index is 455. The lowest BCUT2D eigenvalue weighted by Gasteiger charge is -2.31. The van der Waals surface area contributed by atoms with Gasteiger partial charge in [0.15, 0.2) is 5.82 Å². The normalized spacial score (nSPS) is 26.7. The highest BCUT2D eigenvalue weighted by molar-refractivity contribution is 7.98. The zero-order valence-electron chi connectivity index (χ0n) is 12.6. The fraction of sp³-hybridized carbons (Fsp3) is 0.733. The van der Waals surface area contributed by atoms with Crippen molar-refractivity contribution in [3.63, 3.8) is 0 Å². The third-order valence-corrected chi connectivity index (χ3v) is 5.30. The molecule has 2 saturated heterocycles. The predicted octanol–water partition coefficient (Wildman–Crippen LogP) is 1.62. The van der Waals surface area contributed by atoms with Gasteiger partial charge < -0.3 is 10.0 Å². The summed E-state index contributed by atoms with van der Waals surface area (Å²) in [5, 5.41) is 19.1. The Labute approximate surface area is 130 Å². The fourth-order valence-electron chi connectivity index (χ4n) is 3.52. The molecule has 116 valence electrons. The number of likely N-dealkylation sites (tertiary alicyclic amines) is 1. The number of nitrogens with zero attached hydrogens (tertiary/aromatic N) is 4. The first-order valence-electron chi connectivity index (χ1n) is 7.81. The van der Waals surface area contributed by atoms with E-state index < -0.39 is 0 Å². The number of aliphatic hydroxyl groups is 1. The number of hydrogen-bond acceptors (Lipinski definition) is 6. The molecule has 0 spiro atoms. The number of anilines is 1. The smallest absolute Gasteiger partial charge is 0.151 e. The Balaban J connectivity index is 1.67. The molecule has 1 aromatic heterocycles. The average molecular weight is 308 g/mol. The summed E-state index contributed by atoms with van der Waals surface area (Å²) in [6.45, 7) is 3.51. The molecule has 6 heteroatoms. The van der Waals surface area contributed by atoms with Crippen LogP contribution >= 0.6 is 11.8 Å². The molecule has 2 aliphatic heterocycles. The van der Waals surface area contributed by atoms with Crippen molar-refractivity contribution < 1.29 is 5.11 Å². The third kappa shape index (κ3) is 3.33. The Morgan fingerprint density at radius 3 is 2.71 bits per heavy atom. The van der Waals surface area contributed by atoms with Gasteiger partial charge in [0.1, 0.15) is 5.03 Å². The monoisotopic (exact) mass is 308 g/mol. The fourth-order valence-corrected chi connectivity index (χ4v) is 3.84. The summed E-state index contributed by atoms with van der Waals surface area (Å²) in [7, 11) is 0. The summed E-state index contributed by atoms with van der Waals surface area (Å²) < 4.78 is 0. The van der Waals surface area contributed by atoms with E-state index in [0.717, 1.165) is 36.9 Å². The summed E-state index contributed by atoms with van der Waals surface area (Å²) in [6, 6.07) is 5.00. The van der Waals surface area contributed by atoms with E-state index in [9.17, 15) is 5.11 Å². The van der Waals surface area contributed by atoms with Crippen LogP contribution in [0.3, 0.4) is 0 Å². The first kappa shape index (κ1) is 15.1. The van der Waals surface area contributed by atoms with Crippen LogP contribution in [0.1, 0.15) is 25.7 Å². The molecule has 3 heterocycles. The van der Waals surface area contributed by atoms with Gasteiger partial charge in [-0.1, -0.05) is 0 Å². The zero-order valence-corrected chi connectivity index (χ0v) is 13.4. The molecule has 0 radical (unpaired) electrons. The molecule has 3 rings (SSSR count). The molecule has 5 nitrogen and oxygen atoms in total. The number of thioether (sulfide) groups is 1. The van der Waals surface area contributed by atoms with E-state index in [0.29, 0.717) is 12.1 Å². The lowest BCUT2D eigenvalue weighted by atomic mass is 10.2. The maximum absolute atomic E-state index is 9.47. The van der Waals surface area contributed by atoms with Crippen LogP contribution in [0.15, 0.2) is 17.2 Å². The van der Waals surface area contributed by atoms with Crippen molar-refractivity contribution in [3.8, 4) is 0 Å². The first-order valence-corrected chi connectivity index (χ1v) is 9.03. The topological polar surface area (TPSA) is 52.5 Å². The molecule has 21 heavy (non-hydrogen) atoms. The van der Waals surface area contributed by atoms with Crippen LogP contribution in [0.5, 0.6) is 0 Å². The van der Waals surface area contributed by atoms with E-state index >= 15 is 0 Å². The van der Waals surface area contributed by atoms with Gasteiger partial charge in [0.25, 0.3) is 0 Å². The van der Waals surface area contributed by atoms with E-state index in [1.165, 1.54) is 19.3 Å². The maximum atomic E-state index is 9.47. The summed E-state index contributed by atoms with van der Waals surface area (Å²) in [5.41, 5.74) is 0. The Morgan fingerprint density at radius 1 is 1.19 bits per heavy atom. The van der Waals surface area contributed by atoms with Crippen molar-refractivity contribution in [3.05, 3.63) is 12.1 Å². The second-order valence-corrected chi connectivity index (χ2v) is 6.72. The van der Waals surface area contributed by atoms with E-state index in [1.807, 2.05) is 6.26 Å². The standard InChI is InChI=1S/C15H24N4OS/c1-21-15-7-6-14(16-17-15)19-9-3-4-12(19)10-18-8-2-5-13(18)11-20/h6-7,12-13,20H,2-5,8-11H2,1H3. The summed E-state index contributed by atoms with van der Waals surface area (Å²) in [4.78, 5) is 4.84. The van der Waals surface area contributed by atoms with E-state index in [1.54, 1.807) is 11.8 Å². The minimum Gasteiger partial charge on any atom is -0.395 e. The Morgan fingerprint density at radius 2 is 2.00 bits per heavy atom. The minimum absolute atomic E-state index is 0.287. The van der Waals surface area contributed by atoms with E-state index in [2.05, 4.69) is 32.1 Å². The van der Waals surface area contributed by atoms with E-state index in [4.69, 9.17) is 0 Å². The van der Waals surface area contributed by atoms with Gasteiger partial charge in [0.2, 0.25) is 0 Å². The number of aromatic nitrogens is 2. The molecule has 0 aromatic carbocycles. The second kappa shape index (κ2) is 6.94. The maximum Gasteiger partial charge on any atom is 0.151 e. The van der Waals surface area contributed by atoms with Crippen molar-refractivity contribution in [2.45, 2.75) is 42.8 Å². The molecule has 0 aliphatic carbocycles. The molecule has 0 amide bonds. The molecule has 1 aromatic rings. The average Bonchev–Trinajstić information content (AvgIpc) is 3.17. The van der Waals surface area contributed by atoms with Gasteiger partial charge in [-0.25, -0.2) is 0 Å². The van der Waals surface area contributed by atoms with Crippen molar-refractivity contribution >= 4 is 17.6 Å². The molecule has 2 atom stereocenters.